The van der Waals surface area contributed by atoms with Gasteiger partial charge in [0, 0.05) is 33.2 Å². The predicted octanol–water partition coefficient (Wildman–Crippen LogP) is 1.73. The summed E-state index contributed by atoms with van der Waals surface area (Å²) < 4.78 is 4.39. The number of carbonyl (C=O) groups excluding carboxylic acids is 1. The van der Waals surface area contributed by atoms with Crippen LogP contribution in [0.25, 0.3) is 11.2 Å². The third-order valence-corrected chi connectivity index (χ3v) is 6.46. The van der Waals surface area contributed by atoms with Crippen LogP contribution in [-0.2, 0) is 25.4 Å². The van der Waals surface area contributed by atoms with Gasteiger partial charge in [0.2, 0.25) is 5.91 Å². The van der Waals surface area contributed by atoms with Crippen LogP contribution in [0.5, 0.6) is 0 Å². The van der Waals surface area contributed by atoms with Gasteiger partial charge in [-0.2, -0.15) is 0 Å². The highest BCUT2D eigenvalue weighted by molar-refractivity contribution is 7.99. The van der Waals surface area contributed by atoms with Crippen molar-refractivity contribution in [1.29, 1.82) is 0 Å². The molecule has 0 unspecified atom stereocenters. The lowest BCUT2D eigenvalue weighted by molar-refractivity contribution is -0.131. The number of thioether (sulfide) groups is 1. The van der Waals surface area contributed by atoms with Gasteiger partial charge in [-0.1, -0.05) is 25.1 Å². The van der Waals surface area contributed by atoms with Crippen molar-refractivity contribution in [2.45, 2.75) is 63.7 Å². The molecule has 0 aromatic carbocycles. The maximum atomic E-state index is 12.7. The number of amides is 1. The van der Waals surface area contributed by atoms with Crippen LogP contribution in [0.2, 0.25) is 0 Å². The predicted molar refractivity (Wildman–Crippen MR) is 111 cm³/mol. The van der Waals surface area contributed by atoms with Crippen LogP contribution in [0, 0.1) is 0 Å². The first-order valence-electron chi connectivity index (χ1n) is 9.95. The van der Waals surface area contributed by atoms with E-state index in [1.54, 1.807) is 7.05 Å². The summed E-state index contributed by atoms with van der Waals surface area (Å²) in [4.78, 5) is 44.2. The Bertz CT molecular complexity index is 990. The molecule has 8 nitrogen and oxygen atoms in total. The highest BCUT2D eigenvalue weighted by Gasteiger charge is 2.25. The number of nitrogens with zero attached hydrogens (tertiary/aromatic N) is 5. The number of rotatable bonds is 6. The van der Waals surface area contributed by atoms with Crippen molar-refractivity contribution in [2.24, 2.45) is 14.1 Å². The topological polar surface area (TPSA) is 82.1 Å². The molecule has 28 heavy (non-hydrogen) atoms. The van der Waals surface area contributed by atoms with E-state index in [4.69, 9.17) is 0 Å². The third kappa shape index (κ3) is 3.76. The number of unbranched alkanes of at least 4 members (excludes halogenated alkanes) is 1. The fourth-order valence-corrected chi connectivity index (χ4v) is 4.65. The molecule has 0 N–H and O–H groups in total. The van der Waals surface area contributed by atoms with E-state index in [2.05, 4.69) is 18.8 Å². The molecule has 3 heterocycles. The number of hydrogen-bond acceptors (Lipinski definition) is 5. The van der Waals surface area contributed by atoms with Gasteiger partial charge in [-0.15, -0.1) is 0 Å². The zero-order valence-corrected chi connectivity index (χ0v) is 17.9. The van der Waals surface area contributed by atoms with E-state index < -0.39 is 5.69 Å². The van der Waals surface area contributed by atoms with E-state index in [0.717, 1.165) is 36.8 Å². The molecule has 1 aliphatic rings. The van der Waals surface area contributed by atoms with Gasteiger partial charge in [0.15, 0.2) is 16.3 Å². The van der Waals surface area contributed by atoms with E-state index in [0.29, 0.717) is 22.9 Å². The lowest BCUT2D eigenvalue weighted by Gasteiger charge is -2.33. The maximum Gasteiger partial charge on any atom is 0.332 e. The molecule has 0 bridgehead atoms. The third-order valence-electron chi connectivity index (χ3n) is 5.50. The summed E-state index contributed by atoms with van der Waals surface area (Å²) in [6, 6.07) is 0.272. The van der Waals surface area contributed by atoms with Gasteiger partial charge in [-0.25, -0.2) is 9.78 Å². The van der Waals surface area contributed by atoms with Crippen LogP contribution < -0.4 is 11.2 Å². The summed E-state index contributed by atoms with van der Waals surface area (Å²) in [6.07, 6.45) is 5.13. The van der Waals surface area contributed by atoms with E-state index in [1.165, 1.54) is 29.8 Å². The van der Waals surface area contributed by atoms with Crippen LogP contribution in [-0.4, -0.2) is 47.8 Å². The Kier molecular flexibility index (Phi) is 6.32. The van der Waals surface area contributed by atoms with Crippen molar-refractivity contribution >= 4 is 28.8 Å². The highest BCUT2D eigenvalue weighted by atomic mass is 32.2. The summed E-state index contributed by atoms with van der Waals surface area (Å²) in [6.45, 7) is 5.62. The molecule has 1 atom stereocenters. The van der Waals surface area contributed by atoms with Crippen LogP contribution in [0.15, 0.2) is 14.7 Å². The molecule has 154 valence electrons. The van der Waals surface area contributed by atoms with Crippen LogP contribution in [0.3, 0.4) is 0 Å². The first-order valence-corrected chi connectivity index (χ1v) is 10.9. The Morgan fingerprint density at radius 1 is 1.21 bits per heavy atom. The molecule has 0 saturated carbocycles. The number of aromatic nitrogens is 4. The number of piperidine rings is 1. The SMILES string of the molecule is CCCCn1c(SCC(=O)N2CCCC[C@H]2C)nc2c1c(=O)n(C)c(=O)n2C. The Balaban J connectivity index is 1.94. The molecular weight excluding hydrogens is 378 g/mol. The second-order valence-electron chi connectivity index (χ2n) is 7.50. The van der Waals surface area contributed by atoms with Crippen molar-refractivity contribution in [1.82, 2.24) is 23.6 Å². The summed E-state index contributed by atoms with van der Waals surface area (Å²) in [5.41, 5.74) is 0.0711. The Morgan fingerprint density at radius 2 is 1.96 bits per heavy atom. The van der Waals surface area contributed by atoms with E-state index in [1.807, 2.05) is 9.47 Å². The zero-order valence-electron chi connectivity index (χ0n) is 17.1. The van der Waals surface area contributed by atoms with Crippen LogP contribution >= 0.6 is 11.8 Å². The van der Waals surface area contributed by atoms with Gasteiger partial charge < -0.3 is 9.47 Å². The summed E-state index contributed by atoms with van der Waals surface area (Å²) in [7, 11) is 3.10. The average molecular weight is 408 g/mol. The fourth-order valence-electron chi connectivity index (χ4n) is 3.74. The molecule has 1 amide bonds. The molecule has 2 aromatic rings. The highest BCUT2D eigenvalue weighted by Crippen LogP contribution is 2.24. The molecule has 1 fully saturated rings. The van der Waals surface area contributed by atoms with Gasteiger partial charge in [0.25, 0.3) is 5.56 Å². The van der Waals surface area contributed by atoms with Gasteiger partial charge in [-0.3, -0.25) is 18.7 Å². The molecule has 9 heteroatoms. The number of fused-ring (bicyclic) bond motifs is 1. The van der Waals surface area contributed by atoms with Crippen LogP contribution in [0.4, 0.5) is 0 Å². The second kappa shape index (κ2) is 8.55. The van der Waals surface area contributed by atoms with Crippen molar-refractivity contribution in [3.8, 4) is 0 Å². The molecule has 0 spiro atoms. The molecule has 0 aliphatic carbocycles. The Labute approximate surface area is 168 Å². The molecule has 1 saturated heterocycles. The van der Waals surface area contributed by atoms with Gasteiger partial charge in [0.05, 0.1) is 5.75 Å². The van der Waals surface area contributed by atoms with E-state index >= 15 is 0 Å². The van der Waals surface area contributed by atoms with Gasteiger partial charge in [-0.05, 0) is 32.6 Å². The molecule has 0 radical (unpaired) electrons. The minimum Gasteiger partial charge on any atom is -0.339 e. The fraction of sp³-hybridized carbons (Fsp3) is 0.684. The summed E-state index contributed by atoms with van der Waals surface area (Å²) in [5, 5.41) is 0.625. The maximum absolute atomic E-state index is 12.7. The minimum atomic E-state index is -0.396. The van der Waals surface area contributed by atoms with Crippen LogP contribution in [0.1, 0.15) is 46.0 Å². The average Bonchev–Trinajstić information content (AvgIpc) is 3.06. The lowest BCUT2D eigenvalue weighted by atomic mass is 10.0. The standard InChI is InChI=1S/C19H29N5O3S/c1-5-6-10-24-15-16(21(3)19(27)22(4)17(15)26)20-18(24)28-12-14(25)23-11-8-7-9-13(23)2/h13H,5-12H2,1-4H3/t13-/m1/s1. The van der Waals surface area contributed by atoms with Crippen molar-refractivity contribution in [2.75, 3.05) is 12.3 Å². The monoisotopic (exact) mass is 407 g/mol. The molecule has 3 rings (SSSR count). The first kappa shape index (κ1) is 20.7. The zero-order chi connectivity index (χ0) is 20.4. The Hall–Kier alpha value is -2.03. The summed E-state index contributed by atoms with van der Waals surface area (Å²) >= 11 is 1.35. The first-order chi connectivity index (χ1) is 13.4. The molecule has 1 aliphatic heterocycles. The smallest absolute Gasteiger partial charge is 0.332 e. The minimum absolute atomic E-state index is 0.105. The van der Waals surface area contributed by atoms with Gasteiger partial charge >= 0.3 is 5.69 Å². The second-order valence-corrected chi connectivity index (χ2v) is 8.44. The van der Waals surface area contributed by atoms with Gasteiger partial charge in [0.1, 0.15) is 0 Å². The van der Waals surface area contributed by atoms with Crippen molar-refractivity contribution in [3.63, 3.8) is 0 Å². The summed E-state index contributed by atoms with van der Waals surface area (Å²) in [5.74, 6) is 0.390. The number of imidazole rings is 1. The molecule has 2 aromatic heterocycles. The van der Waals surface area contributed by atoms with E-state index in [-0.39, 0.29) is 23.3 Å². The van der Waals surface area contributed by atoms with Crippen molar-refractivity contribution in [3.05, 3.63) is 20.8 Å². The number of hydrogen-bond donors (Lipinski definition) is 0. The number of likely N-dealkylation sites (tertiary alicyclic amines) is 1. The number of aryl methyl sites for hydroxylation is 2. The normalized spacial score (nSPS) is 17.4. The largest absolute Gasteiger partial charge is 0.339 e. The quantitative estimate of drug-likeness (QED) is 0.681. The number of carbonyl (C=O) groups is 1. The lowest BCUT2D eigenvalue weighted by Crippen LogP contribution is -2.43. The van der Waals surface area contributed by atoms with Crippen molar-refractivity contribution < 1.29 is 4.79 Å². The molecular formula is C19H29N5O3S. The van der Waals surface area contributed by atoms with E-state index in [9.17, 15) is 14.4 Å². The Morgan fingerprint density at radius 3 is 2.64 bits per heavy atom.